The zero-order chi connectivity index (χ0) is 18.6. The summed E-state index contributed by atoms with van der Waals surface area (Å²) in [4.78, 5) is 21.4. The number of piperazine rings is 1. The van der Waals surface area contributed by atoms with Crippen LogP contribution >= 0.6 is 0 Å². The quantitative estimate of drug-likeness (QED) is 0.918. The molecule has 0 bridgehead atoms. The molecular weight excluding hydrogens is 324 g/mol. The Bertz CT molecular complexity index is 731. The van der Waals surface area contributed by atoms with Gasteiger partial charge in [0.1, 0.15) is 5.82 Å². The Hall–Kier alpha value is -2.40. The van der Waals surface area contributed by atoms with Crippen LogP contribution in [0.2, 0.25) is 0 Å². The van der Waals surface area contributed by atoms with Crippen molar-refractivity contribution in [3.05, 3.63) is 54.2 Å². The summed E-state index contributed by atoms with van der Waals surface area (Å²) in [5, 5.41) is 3.10. The van der Waals surface area contributed by atoms with E-state index >= 15 is 0 Å². The van der Waals surface area contributed by atoms with E-state index in [1.54, 1.807) is 0 Å². The van der Waals surface area contributed by atoms with Gasteiger partial charge in [0, 0.05) is 38.1 Å². The molecule has 1 aromatic carbocycles. The molecule has 2 aromatic rings. The number of anilines is 2. The molecule has 5 nitrogen and oxygen atoms in total. The molecular formula is C21H28N4O. The highest BCUT2D eigenvalue weighted by Crippen LogP contribution is 2.29. The van der Waals surface area contributed by atoms with Crippen molar-refractivity contribution in [1.29, 1.82) is 0 Å². The van der Waals surface area contributed by atoms with E-state index in [2.05, 4.69) is 46.9 Å². The Balaban J connectivity index is 1.54. The van der Waals surface area contributed by atoms with Crippen LogP contribution in [-0.2, 0) is 10.2 Å². The predicted octanol–water partition coefficient (Wildman–Crippen LogP) is 3.14. The minimum atomic E-state index is -0.00180. The first-order chi connectivity index (χ1) is 12.4. The van der Waals surface area contributed by atoms with Gasteiger partial charge < -0.3 is 10.2 Å². The summed E-state index contributed by atoms with van der Waals surface area (Å²) in [5.74, 6) is 1.06. The SMILES string of the molecule is CC(C)(C)c1ccccc1NC(=O)CN1CCN(c2ccccn2)CC1. The van der Waals surface area contributed by atoms with Gasteiger partial charge in [0.25, 0.3) is 0 Å². The number of hydrogen-bond donors (Lipinski definition) is 1. The maximum Gasteiger partial charge on any atom is 0.238 e. The summed E-state index contributed by atoms with van der Waals surface area (Å²) < 4.78 is 0. The van der Waals surface area contributed by atoms with Crippen molar-refractivity contribution in [1.82, 2.24) is 9.88 Å². The fraction of sp³-hybridized carbons (Fsp3) is 0.429. The summed E-state index contributed by atoms with van der Waals surface area (Å²) in [6, 6.07) is 14.0. The number of rotatable bonds is 4. The van der Waals surface area contributed by atoms with Crippen molar-refractivity contribution in [3.63, 3.8) is 0 Å². The number of pyridine rings is 1. The van der Waals surface area contributed by atoms with Crippen molar-refractivity contribution in [3.8, 4) is 0 Å². The van der Waals surface area contributed by atoms with Gasteiger partial charge in [0.05, 0.1) is 6.54 Å². The molecule has 3 rings (SSSR count). The van der Waals surface area contributed by atoms with Crippen LogP contribution in [0, 0.1) is 0 Å². The van der Waals surface area contributed by atoms with Gasteiger partial charge >= 0.3 is 0 Å². The van der Waals surface area contributed by atoms with Crippen LogP contribution in [0.3, 0.4) is 0 Å². The molecule has 1 fully saturated rings. The number of amides is 1. The van der Waals surface area contributed by atoms with Crippen molar-refractivity contribution in [2.75, 3.05) is 42.9 Å². The van der Waals surface area contributed by atoms with Gasteiger partial charge in [-0.1, -0.05) is 45.0 Å². The highest BCUT2D eigenvalue weighted by atomic mass is 16.2. The lowest BCUT2D eigenvalue weighted by molar-refractivity contribution is -0.117. The average molecular weight is 352 g/mol. The zero-order valence-corrected chi connectivity index (χ0v) is 15.9. The summed E-state index contributed by atoms with van der Waals surface area (Å²) in [6.45, 7) is 10.4. The molecule has 1 amide bonds. The smallest absolute Gasteiger partial charge is 0.238 e. The molecule has 0 unspecified atom stereocenters. The first-order valence-electron chi connectivity index (χ1n) is 9.21. The normalized spacial score (nSPS) is 15.7. The first-order valence-corrected chi connectivity index (χ1v) is 9.21. The summed E-state index contributed by atoms with van der Waals surface area (Å²) in [6.07, 6.45) is 1.82. The van der Waals surface area contributed by atoms with Crippen molar-refractivity contribution in [2.45, 2.75) is 26.2 Å². The molecule has 0 atom stereocenters. The maximum absolute atomic E-state index is 12.5. The lowest BCUT2D eigenvalue weighted by Crippen LogP contribution is -2.49. The number of aromatic nitrogens is 1. The molecule has 26 heavy (non-hydrogen) atoms. The molecule has 0 saturated carbocycles. The lowest BCUT2D eigenvalue weighted by Gasteiger charge is -2.35. The van der Waals surface area contributed by atoms with Crippen LogP contribution in [0.1, 0.15) is 26.3 Å². The van der Waals surface area contributed by atoms with E-state index in [-0.39, 0.29) is 11.3 Å². The molecule has 1 saturated heterocycles. The molecule has 2 heterocycles. The number of carbonyl (C=O) groups is 1. The molecule has 0 radical (unpaired) electrons. The Kier molecular flexibility index (Phi) is 5.57. The number of hydrogen-bond acceptors (Lipinski definition) is 4. The van der Waals surface area contributed by atoms with E-state index in [0.29, 0.717) is 6.54 Å². The third-order valence-corrected chi connectivity index (χ3v) is 4.72. The van der Waals surface area contributed by atoms with Gasteiger partial charge in [-0.15, -0.1) is 0 Å². The Morgan fingerprint density at radius 3 is 2.38 bits per heavy atom. The van der Waals surface area contributed by atoms with Crippen LogP contribution in [0.15, 0.2) is 48.7 Å². The third kappa shape index (κ3) is 4.61. The largest absolute Gasteiger partial charge is 0.354 e. The van der Waals surface area contributed by atoms with Crippen LogP contribution in [0.25, 0.3) is 0 Å². The van der Waals surface area contributed by atoms with Crippen molar-refractivity contribution < 1.29 is 4.79 Å². The van der Waals surface area contributed by atoms with E-state index in [0.717, 1.165) is 43.2 Å². The molecule has 0 spiro atoms. The average Bonchev–Trinajstić information content (AvgIpc) is 2.62. The minimum absolute atomic E-state index is 0.00180. The molecule has 0 aliphatic carbocycles. The number of nitrogens with one attached hydrogen (secondary N) is 1. The predicted molar refractivity (Wildman–Crippen MR) is 107 cm³/mol. The molecule has 1 aliphatic heterocycles. The second-order valence-electron chi connectivity index (χ2n) is 7.79. The number of para-hydroxylation sites is 1. The van der Waals surface area contributed by atoms with Gasteiger partial charge in [-0.2, -0.15) is 0 Å². The Labute approximate surface area is 156 Å². The summed E-state index contributed by atoms with van der Waals surface area (Å²) >= 11 is 0. The van der Waals surface area contributed by atoms with Crippen LogP contribution in [0.5, 0.6) is 0 Å². The first kappa shape index (κ1) is 18.4. The van der Waals surface area contributed by atoms with Crippen molar-refractivity contribution >= 4 is 17.4 Å². The fourth-order valence-corrected chi connectivity index (χ4v) is 3.31. The fourth-order valence-electron chi connectivity index (χ4n) is 3.31. The van der Waals surface area contributed by atoms with Gasteiger partial charge in [0.15, 0.2) is 0 Å². The highest BCUT2D eigenvalue weighted by molar-refractivity contribution is 5.93. The Morgan fingerprint density at radius 1 is 1.04 bits per heavy atom. The molecule has 5 heteroatoms. The van der Waals surface area contributed by atoms with E-state index in [9.17, 15) is 4.79 Å². The highest BCUT2D eigenvalue weighted by Gasteiger charge is 2.22. The van der Waals surface area contributed by atoms with Crippen LogP contribution < -0.4 is 10.2 Å². The zero-order valence-electron chi connectivity index (χ0n) is 15.9. The van der Waals surface area contributed by atoms with Gasteiger partial charge in [0.2, 0.25) is 5.91 Å². The van der Waals surface area contributed by atoms with E-state index in [4.69, 9.17) is 0 Å². The minimum Gasteiger partial charge on any atom is -0.354 e. The second kappa shape index (κ2) is 7.87. The number of carbonyl (C=O) groups excluding carboxylic acids is 1. The number of benzene rings is 1. The topological polar surface area (TPSA) is 48.5 Å². The van der Waals surface area contributed by atoms with Gasteiger partial charge in [-0.25, -0.2) is 4.98 Å². The van der Waals surface area contributed by atoms with E-state index < -0.39 is 0 Å². The monoisotopic (exact) mass is 352 g/mol. The molecule has 1 aliphatic rings. The maximum atomic E-state index is 12.5. The summed E-state index contributed by atoms with van der Waals surface area (Å²) in [5.41, 5.74) is 2.07. The lowest BCUT2D eigenvalue weighted by atomic mass is 9.86. The van der Waals surface area contributed by atoms with Crippen LogP contribution in [-0.4, -0.2) is 48.5 Å². The standard InChI is InChI=1S/C21H28N4O/c1-21(2,3)17-8-4-5-9-18(17)23-20(26)16-24-12-14-25(15-13-24)19-10-6-7-11-22-19/h4-11H,12-16H2,1-3H3,(H,23,26). The third-order valence-electron chi connectivity index (χ3n) is 4.72. The summed E-state index contributed by atoms with van der Waals surface area (Å²) in [7, 11) is 0. The Morgan fingerprint density at radius 2 is 1.73 bits per heavy atom. The molecule has 1 aromatic heterocycles. The van der Waals surface area contributed by atoms with Crippen LogP contribution in [0.4, 0.5) is 11.5 Å². The number of nitrogens with zero attached hydrogens (tertiary/aromatic N) is 3. The van der Waals surface area contributed by atoms with Gasteiger partial charge in [-0.3, -0.25) is 9.69 Å². The van der Waals surface area contributed by atoms with E-state index in [1.165, 1.54) is 0 Å². The molecule has 138 valence electrons. The second-order valence-corrected chi connectivity index (χ2v) is 7.79. The van der Waals surface area contributed by atoms with Crippen molar-refractivity contribution in [2.24, 2.45) is 0 Å². The molecule has 1 N–H and O–H groups in total. The van der Waals surface area contributed by atoms with Gasteiger partial charge in [-0.05, 0) is 29.2 Å². The van der Waals surface area contributed by atoms with E-state index in [1.807, 2.05) is 42.6 Å².